The van der Waals surface area contributed by atoms with Crippen molar-refractivity contribution in [3.05, 3.63) is 42.5 Å². The van der Waals surface area contributed by atoms with Crippen LogP contribution in [0.2, 0.25) is 0 Å². The topological polar surface area (TPSA) is 97.0 Å². The van der Waals surface area contributed by atoms with Gasteiger partial charge in [-0.05, 0) is 37.3 Å². The number of methoxy groups -OCH3 is 2. The highest BCUT2D eigenvalue weighted by Crippen LogP contribution is 2.30. The van der Waals surface area contributed by atoms with E-state index in [1.165, 1.54) is 33.3 Å². The Hall–Kier alpha value is -2.78. The first-order valence-electron chi connectivity index (χ1n) is 8.51. The summed E-state index contributed by atoms with van der Waals surface area (Å²) in [6.07, 6.45) is 0. The summed E-state index contributed by atoms with van der Waals surface area (Å²) in [5.41, 5.74) is 1.08. The molecule has 0 aliphatic carbocycles. The molecule has 2 rings (SSSR count). The fourth-order valence-electron chi connectivity index (χ4n) is 2.44. The van der Waals surface area contributed by atoms with Gasteiger partial charge in [-0.2, -0.15) is 0 Å². The molecule has 0 aromatic heterocycles. The summed E-state index contributed by atoms with van der Waals surface area (Å²) < 4.78 is 36.0. The molecule has 0 radical (unpaired) electrons. The van der Waals surface area contributed by atoms with Gasteiger partial charge in [-0.25, -0.2) is 12.7 Å². The number of rotatable bonds is 8. The van der Waals surface area contributed by atoms with Crippen LogP contribution in [0.3, 0.4) is 0 Å². The van der Waals surface area contributed by atoms with Gasteiger partial charge in [-0.1, -0.05) is 6.07 Å². The van der Waals surface area contributed by atoms with Gasteiger partial charge in [0.25, 0.3) is 0 Å². The Morgan fingerprint density at radius 3 is 2.29 bits per heavy atom. The number of hydrogen-bond donors (Lipinski definition) is 2. The smallest absolute Gasteiger partial charge is 0.246 e. The van der Waals surface area contributed by atoms with E-state index >= 15 is 0 Å². The molecule has 0 heterocycles. The fraction of sp³-hybridized carbons (Fsp3) is 0.316. The van der Waals surface area contributed by atoms with Crippen molar-refractivity contribution in [1.29, 1.82) is 0 Å². The summed E-state index contributed by atoms with van der Waals surface area (Å²) in [7, 11) is 2.41. The van der Waals surface area contributed by atoms with Crippen LogP contribution < -0.4 is 20.1 Å². The summed E-state index contributed by atoms with van der Waals surface area (Å²) in [5, 5.41) is 5.80. The molecule has 0 saturated heterocycles. The minimum absolute atomic E-state index is 0.107. The third-order valence-corrected chi connectivity index (χ3v) is 5.85. The Balaban J connectivity index is 2.11. The highest BCUT2D eigenvalue weighted by molar-refractivity contribution is 7.89. The molecule has 0 fully saturated rings. The van der Waals surface area contributed by atoms with Crippen molar-refractivity contribution in [2.75, 3.05) is 38.9 Å². The molecule has 1 amide bonds. The van der Waals surface area contributed by atoms with Gasteiger partial charge in [0.1, 0.15) is 6.04 Å². The van der Waals surface area contributed by atoms with Crippen molar-refractivity contribution in [3.63, 3.8) is 0 Å². The predicted octanol–water partition coefficient (Wildman–Crippen LogP) is 2.39. The average Bonchev–Trinajstić information content (AvgIpc) is 2.67. The van der Waals surface area contributed by atoms with Crippen LogP contribution in [0.1, 0.15) is 6.92 Å². The van der Waals surface area contributed by atoms with E-state index in [0.29, 0.717) is 22.9 Å². The zero-order valence-electron chi connectivity index (χ0n) is 16.5. The van der Waals surface area contributed by atoms with Crippen molar-refractivity contribution in [1.82, 2.24) is 4.31 Å². The van der Waals surface area contributed by atoms with Gasteiger partial charge in [0, 0.05) is 31.5 Å². The highest BCUT2D eigenvalue weighted by Gasteiger charge is 2.19. The molecule has 2 N–H and O–H groups in total. The maximum absolute atomic E-state index is 12.5. The van der Waals surface area contributed by atoms with Crippen LogP contribution in [0.15, 0.2) is 47.4 Å². The van der Waals surface area contributed by atoms with E-state index in [4.69, 9.17) is 9.47 Å². The lowest BCUT2D eigenvalue weighted by Gasteiger charge is -2.17. The van der Waals surface area contributed by atoms with E-state index in [1.807, 2.05) is 0 Å². The summed E-state index contributed by atoms with van der Waals surface area (Å²) in [6.45, 7) is 1.70. The molecule has 2 aromatic carbocycles. The zero-order valence-corrected chi connectivity index (χ0v) is 17.3. The number of anilines is 2. The first kappa shape index (κ1) is 21.5. The number of sulfonamides is 1. The maximum Gasteiger partial charge on any atom is 0.246 e. The Morgan fingerprint density at radius 1 is 1.00 bits per heavy atom. The minimum atomic E-state index is -3.58. The molecular formula is C19H25N3O5S. The summed E-state index contributed by atoms with van der Waals surface area (Å²) in [6, 6.07) is 10.8. The number of nitrogens with one attached hydrogen (secondary N) is 2. The monoisotopic (exact) mass is 407 g/mol. The molecule has 0 aliphatic rings. The van der Waals surface area contributed by atoms with Crippen molar-refractivity contribution in [2.45, 2.75) is 17.9 Å². The molecule has 0 aliphatic heterocycles. The molecule has 2 aromatic rings. The molecule has 1 atom stereocenters. The van der Waals surface area contributed by atoms with E-state index < -0.39 is 16.1 Å². The number of amides is 1. The standard InChI is InChI=1S/C19H25N3O5S/c1-13(20-15-9-10-17(26-4)18(12-15)27-5)19(23)21-14-7-6-8-16(11-14)28(24,25)22(2)3/h6-13,20H,1-5H3,(H,21,23)/t13-/m1/s1. The van der Waals surface area contributed by atoms with Gasteiger partial charge in [-0.3, -0.25) is 4.79 Å². The second kappa shape index (κ2) is 8.94. The number of hydrogen-bond acceptors (Lipinski definition) is 6. The predicted molar refractivity (Wildman–Crippen MR) is 109 cm³/mol. The fourth-order valence-corrected chi connectivity index (χ4v) is 3.39. The highest BCUT2D eigenvalue weighted by atomic mass is 32.2. The molecule has 0 unspecified atom stereocenters. The first-order valence-corrected chi connectivity index (χ1v) is 9.95. The van der Waals surface area contributed by atoms with E-state index in [0.717, 1.165) is 4.31 Å². The molecule has 9 heteroatoms. The number of ether oxygens (including phenoxy) is 2. The quantitative estimate of drug-likeness (QED) is 0.697. The zero-order chi connectivity index (χ0) is 20.9. The summed E-state index contributed by atoms with van der Waals surface area (Å²) in [4.78, 5) is 12.6. The van der Waals surface area contributed by atoms with Crippen LogP contribution in [0.4, 0.5) is 11.4 Å². The molecule has 28 heavy (non-hydrogen) atoms. The van der Waals surface area contributed by atoms with Gasteiger partial charge in [0.2, 0.25) is 15.9 Å². The van der Waals surface area contributed by atoms with Crippen molar-refractivity contribution >= 4 is 27.3 Å². The third-order valence-electron chi connectivity index (χ3n) is 4.04. The second-order valence-electron chi connectivity index (χ2n) is 6.24. The van der Waals surface area contributed by atoms with Gasteiger partial charge >= 0.3 is 0 Å². The minimum Gasteiger partial charge on any atom is -0.493 e. The summed E-state index contributed by atoms with van der Waals surface area (Å²) in [5.74, 6) is 0.819. The molecule has 0 spiro atoms. The Kier molecular flexibility index (Phi) is 6.87. The van der Waals surface area contributed by atoms with Crippen LogP contribution in [-0.2, 0) is 14.8 Å². The van der Waals surface area contributed by atoms with Gasteiger partial charge in [0.05, 0.1) is 19.1 Å². The van der Waals surface area contributed by atoms with Crippen molar-refractivity contribution in [3.8, 4) is 11.5 Å². The molecule has 8 nitrogen and oxygen atoms in total. The lowest BCUT2D eigenvalue weighted by atomic mass is 10.2. The number of carbonyl (C=O) groups excluding carboxylic acids is 1. The van der Waals surface area contributed by atoms with Crippen LogP contribution >= 0.6 is 0 Å². The largest absolute Gasteiger partial charge is 0.493 e. The van der Waals surface area contributed by atoms with Crippen LogP contribution in [0.25, 0.3) is 0 Å². The second-order valence-corrected chi connectivity index (χ2v) is 8.39. The number of benzene rings is 2. The number of nitrogens with zero attached hydrogens (tertiary/aromatic N) is 1. The SMILES string of the molecule is COc1ccc(N[C@H](C)C(=O)Nc2cccc(S(=O)(=O)N(C)C)c2)cc1OC. The van der Waals surface area contributed by atoms with Crippen LogP contribution in [0, 0.1) is 0 Å². The normalized spacial score (nSPS) is 12.4. The average molecular weight is 407 g/mol. The lowest BCUT2D eigenvalue weighted by molar-refractivity contribution is -0.116. The molecule has 0 bridgehead atoms. The molecular weight excluding hydrogens is 382 g/mol. The molecule has 152 valence electrons. The Labute approximate surface area is 165 Å². The Bertz CT molecular complexity index is 944. The number of carbonyl (C=O) groups is 1. The van der Waals surface area contributed by atoms with E-state index in [2.05, 4.69) is 10.6 Å². The lowest BCUT2D eigenvalue weighted by Crippen LogP contribution is -2.32. The first-order chi connectivity index (χ1) is 13.2. The molecule has 0 saturated carbocycles. The van der Waals surface area contributed by atoms with Gasteiger partial charge in [0.15, 0.2) is 11.5 Å². The van der Waals surface area contributed by atoms with E-state index in [9.17, 15) is 13.2 Å². The van der Waals surface area contributed by atoms with Gasteiger partial charge in [-0.15, -0.1) is 0 Å². The van der Waals surface area contributed by atoms with Crippen LogP contribution in [-0.4, -0.2) is 53.0 Å². The van der Waals surface area contributed by atoms with Gasteiger partial charge < -0.3 is 20.1 Å². The van der Waals surface area contributed by atoms with E-state index in [-0.39, 0.29) is 10.8 Å². The maximum atomic E-state index is 12.5. The van der Waals surface area contributed by atoms with Crippen LogP contribution in [0.5, 0.6) is 11.5 Å². The van der Waals surface area contributed by atoms with E-state index in [1.54, 1.807) is 44.4 Å². The third kappa shape index (κ3) is 4.93. The summed E-state index contributed by atoms with van der Waals surface area (Å²) >= 11 is 0. The Morgan fingerprint density at radius 2 is 1.68 bits per heavy atom. The van der Waals surface area contributed by atoms with Crippen molar-refractivity contribution in [2.24, 2.45) is 0 Å². The van der Waals surface area contributed by atoms with Crippen molar-refractivity contribution < 1.29 is 22.7 Å².